The number of carboxylic acids is 1. The van der Waals surface area contributed by atoms with E-state index in [-0.39, 0.29) is 30.6 Å². The SMILES string of the molecule is CCCCCC(=O)CCC(=O)NC[C@@H]1[C@H](CCC=CCCCC(=O)O)[C@@H]2CC[C@H]1O2. The Hall–Kier alpha value is -1.69. The molecule has 0 spiro atoms. The van der Waals surface area contributed by atoms with Crippen molar-refractivity contribution in [2.45, 2.75) is 103 Å². The molecular weight excluding hydrogens is 382 g/mol. The van der Waals surface area contributed by atoms with Crippen LogP contribution in [0.4, 0.5) is 0 Å². The van der Waals surface area contributed by atoms with Gasteiger partial charge in [0.2, 0.25) is 5.91 Å². The Bertz CT molecular complexity index is 588. The summed E-state index contributed by atoms with van der Waals surface area (Å²) in [7, 11) is 0. The van der Waals surface area contributed by atoms with Crippen LogP contribution in [0, 0.1) is 11.8 Å². The number of carbonyl (C=O) groups is 3. The van der Waals surface area contributed by atoms with Gasteiger partial charge in [0.25, 0.3) is 0 Å². The average molecular weight is 422 g/mol. The molecule has 2 N–H and O–H groups in total. The summed E-state index contributed by atoms with van der Waals surface area (Å²) in [6, 6.07) is 0. The van der Waals surface area contributed by atoms with Gasteiger partial charge in [0.1, 0.15) is 5.78 Å². The third-order valence-corrected chi connectivity index (χ3v) is 6.41. The Morgan fingerprint density at radius 3 is 2.40 bits per heavy atom. The summed E-state index contributed by atoms with van der Waals surface area (Å²) in [6.07, 6.45) is 15.0. The molecule has 2 heterocycles. The molecule has 0 aromatic carbocycles. The summed E-state index contributed by atoms with van der Waals surface area (Å²) in [5, 5.41) is 11.7. The lowest BCUT2D eigenvalue weighted by Gasteiger charge is -2.28. The molecule has 6 nitrogen and oxygen atoms in total. The van der Waals surface area contributed by atoms with E-state index in [1.54, 1.807) is 0 Å². The first-order valence-electron chi connectivity index (χ1n) is 11.8. The minimum Gasteiger partial charge on any atom is -0.481 e. The summed E-state index contributed by atoms with van der Waals surface area (Å²) in [5.74, 6) is 0.235. The fraction of sp³-hybridized carbons (Fsp3) is 0.792. The van der Waals surface area contributed by atoms with Crippen molar-refractivity contribution in [1.29, 1.82) is 0 Å². The van der Waals surface area contributed by atoms with E-state index in [1.807, 2.05) is 0 Å². The largest absolute Gasteiger partial charge is 0.481 e. The minimum absolute atomic E-state index is 0.0290. The fourth-order valence-electron chi connectivity index (χ4n) is 4.72. The zero-order valence-electron chi connectivity index (χ0n) is 18.4. The second kappa shape index (κ2) is 13.6. The number of hydrogen-bond acceptors (Lipinski definition) is 4. The van der Waals surface area contributed by atoms with E-state index >= 15 is 0 Å². The van der Waals surface area contributed by atoms with Crippen LogP contribution in [0.15, 0.2) is 12.2 Å². The molecule has 30 heavy (non-hydrogen) atoms. The van der Waals surface area contributed by atoms with Crippen LogP contribution in [0.1, 0.15) is 90.4 Å². The predicted octanol–water partition coefficient (Wildman–Crippen LogP) is 4.42. The molecule has 170 valence electrons. The topological polar surface area (TPSA) is 92.7 Å². The van der Waals surface area contributed by atoms with Gasteiger partial charge in [-0.05, 0) is 50.9 Å². The molecule has 2 bridgehead atoms. The maximum Gasteiger partial charge on any atom is 0.303 e. The van der Waals surface area contributed by atoms with E-state index in [0.29, 0.717) is 43.7 Å². The number of amides is 1. The van der Waals surface area contributed by atoms with Crippen LogP contribution in [-0.4, -0.2) is 41.5 Å². The number of hydrogen-bond donors (Lipinski definition) is 2. The zero-order chi connectivity index (χ0) is 21.8. The fourth-order valence-corrected chi connectivity index (χ4v) is 4.72. The average Bonchev–Trinajstić information content (AvgIpc) is 3.31. The van der Waals surface area contributed by atoms with Crippen molar-refractivity contribution in [3.8, 4) is 0 Å². The summed E-state index contributed by atoms with van der Waals surface area (Å²) in [5.41, 5.74) is 0. The van der Waals surface area contributed by atoms with Crippen LogP contribution in [0.3, 0.4) is 0 Å². The van der Waals surface area contributed by atoms with Gasteiger partial charge in [0, 0.05) is 38.1 Å². The van der Waals surface area contributed by atoms with Gasteiger partial charge in [0.15, 0.2) is 0 Å². The number of allylic oxidation sites excluding steroid dienone is 2. The van der Waals surface area contributed by atoms with Crippen molar-refractivity contribution >= 4 is 17.7 Å². The maximum atomic E-state index is 12.2. The van der Waals surface area contributed by atoms with Crippen molar-refractivity contribution in [1.82, 2.24) is 5.32 Å². The molecular formula is C24H39NO5. The number of aliphatic carboxylic acids is 1. The molecule has 2 aliphatic rings. The molecule has 0 aromatic heterocycles. The van der Waals surface area contributed by atoms with Gasteiger partial charge in [-0.3, -0.25) is 14.4 Å². The van der Waals surface area contributed by atoms with Crippen LogP contribution in [0.5, 0.6) is 0 Å². The van der Waals surface area contributed by atoms with Crippen LogP contribution in [0.2, 0.25) is 0 Å². The molecule has 0 unspecified atom stereocenters. The van der Waals surface area contributed by atoms with Crippen LogP contribution >= 0.6 is 0 Å². The van der Waals surface area contributed by atoms with E-state index in [0.717, 1.165) is 51.4 Å². The third kappa shape index (κ3) is 8.58. The first-order valence-corrected chi connectivity index (χ1v) is 11.8. The van der Waals surface area contributed by atoms with Crippen LogP contribution in [0.25, 0.3) is 0 Å². The Morgan fingerprint density at radius 1 is 0.933 bits per heavy atom. The maximum absolute atomic E-state index is 12.2. The Balaban J connectivity index is 1.65. The minimum atomic E-state index is -0.742. The number of unbranched alkanes of at least 4 members (excludes halogenated alkanes) is 3. The highest BCUT2D eigenvalue weighted by Gasteiger charge is 2.48. The molecule has 0 radical (unpaired) electrons. The van der Waals surface area contributed by atoms with Crippen molar-refractivity contribution < 1.29 is 24.2 Å². The molecule has 4 atom stereocenters. The van der Waals surface area contributed by atoms with Gasteiger partial charge >= 0.3 is 5.97 Å². The first kappa shape index (κ1) is 24.6. The Kier molecular flexibility index (Phi) is 11.1. The predicted molar refractivity (Wildman–Crippen MR) is 116 cm³/mol. The highest BCUT2D eigenvalue weighted by Crippen LogP contribution is 2.45. The zero-order valence-corrected chi connectivity index (χ0v) is 18.4. The Morgan fingerprint density at radius 2 is 1.67 bits per heavy atom. The number of Topliss-reactive ketones (excluding diaryl/α,β-unsaturated/α-hetero) is 1. The van der Waals surface area contributed by atoms with Crippen molar-refractivity contribution in [3.63, 3.8) is 0 Å². The van der Waals surface area contributed by atoms with Gasteiger partial charge in [0.05, 0.1) is 12.2 Å². The lowest BCUT2D eigenvalue weighted by Crippen LogP contribution is -2.38. The Labute approximate surface area is 180 Å². The number of rotatable bonds is 16. The first-order chi connectivity index (χ1) is 14.5. The highest BCUT2D eigenvalue weighted by molar-refractivity contribution is 5.84. The number of nitrogens with one attached hydrogen (secondary N) is 1. The molecule has 1 amide bonds. The van der Waals surface area contributed by atoms with Gasteiger partial charge < -0.3 is 15.2 Å². The molecule has 2 saturated heterocycles. The number of carboxylic acid groups (broad SMARTS) is 1. The summed E-state index contributed by atoms with van der Waals surface area (Å²) in [6.45, 7) is 2.75. The summed E-state index contributed by atoms with van der Waals surface area (Å²) in [4.78, 5) is 34.6. The summed E-state index contributed by atoms with van der Waals surface area (Å²) < 4.78 is 6.11. The monoisotopic (exact) mass is 421 g/mol. The number of ether oxygens (including phenoxy) is 1. The van der Waals surface area contributed by atoms with E-state index in [9.17, 15) is 14.4 Å². The van der Waals surface area contributed by atoms with Crippen LogP contribution < -0.4 is 5.32 Å². The van der Waals surface area contributed by atoms with Crippen molar-refractivity contribution in [2.24, 2.45) is 11.8 Å². The van der Waals surface area contributed by atoms with E-state index in [4.69, 9.17) is 9.84 Å². The van der Waals surface area contributed by atoms with Gasteiger partial charge in [-0.15, -0.1) is 0 Å². The van der Waals surface area contributed by atoms with Gasteiger partial charge in [-0.2, -0.15) is 0 Å². The molecule has 0 aromatic rings. The molecule has 2 aliphatic heterocycles. The quantitative estimate of drug-likeness (QED) is 0.284. The highest BCUT2D eigenvalue weighted by atomic mass is 16.5. The van der Waals surface area contributed by atoms with Gasteiger partial charge in [-0.1, -0.05) is 31.9 Å². The van der Waals surface area contributed by atoms with Gasteiger partial charge in [-0.25, -0.2) is 0 Å². The van der Waals surface area contributed by atoms with Crippen LogP contribution in [-0.2, 0) is 19.1 Å². The smallest absolute Gasteiger partial charge is 0.303 e. The number of ketones is 1. The summed E-state index contributed by atoms with van der Waals surface area (Å²) >= 11 is 0. The van der Waals surface area contributed by atoms with E-state index in [1.165, 1.54) is 0 Å². The molecule has 0 aliphatic carbocycles. The van der Waals surface area contributed by atoms with E-state index < -0.39 is 5.97 Å². The standard InChI is InChI=1S/C24H39NO5/c1-2-3-7-10-18(26)13-16-23(27)25-17-20-19(21-14-15-22(20)30-21)11-8-5-4-6-9-12-24(28)29/h4-5,19-22H,2-3,6-17H2,1H3,(H,25,27)(H,28,29)/t19-,20+,21-,22+/m0/s1. The normalized spacial score (nSPS) is 25.1. The third-order valence-electron chi connectivity index (χ3n) is 6.41. The molecule has 0 saturated carbocycles. The second-order valence-corrected chi connectivity index (χ2v) is 8.75. The lowest BCUT2D eigenvalue weighted by molar-refractivity contribution is -0.137. The number of fused-ring (bicyclic) bond motifs is 2. The molecule has 2 fully saturated rings. The number of carbonyl (C=O) groups excluding carboxylic acids is 2. The molecule has 2 rings (SSSR count). The second-order valence-electron chi connectivity index (χ2n) is 8.75. The van der Waals surface area contributed by atoms with Crippen molar-refractivity contribution in [3.05, 3.63) is 12.2 Å². The van der Waals surface area contributed by atoms with Crippen molar-refractivity contribution in [2.75, 3.05) is 6.54 Å². The van der Waals surface area contributed by atoms with E-state index in [2.05, 4.69) is 24.4 Å². The molecule has 6 heteroatoms. The lowest BCUT2D eigenvalue weighted by atomic mass is 9.77.